The van der Waals surface area contributed by atoms with Gasteiger partial charge < -0.3 is 10.6 Å². The Balaban J connectivity index is 1.49. The van der Waals surface area contributed by atoms with Crippen LogP contribution in [0, 0.1) is 0 Å². The van der Waals surface area contributed by atoms with Gasteiger partial charge in [-0.2, -0.15) is 0 Å². The highest BCUT2D eigenvalue weighted by Crippen LogP contribution is 2.25. The van der Waals surface area contributed by atoms with Crippen LogP contribution in [0.25, 0.3) is 0 Å². The van der Waals surface area contributed by atoms with Crippen LogP contribution in [0.5, 0.6) is 0 Å². The maximum Gasteiger partial charge on any atom is 0.328 e. The molecule has 3 N–H and O–H groups in total. The van der Waals surface area contributed by atoms with Crippen molar-refractivity contribution in [1.29, 1.82) is 0 Å². The van der Waals surface area contributed by atoms with E-state index in [2.05, 4.69) is 10.6 Å². The summed E-state index contributed by atoms with van der Waals surface area (Å²) in [5.74, 6) is -0.375. The van der Waals surface area contributed by atoms with Gasteiger partial charge in [-0.15, -0.1) is 0 Å². The number of imide groups is 1. The largest absolute Gasteiger partial charge is 0.337 e. The Morgan fingerprint density at radius 1 is 1.06 bits per heavy atom. The summed E-state index contributed by atoms with van der Waals surface area (Å²) < 4.78 is 26.6. The summed E-state index contributed by atoms with van der Waals surface area (Å²) in [6.07, 6.45) is 2.07. The Morgan fingerprint density at radius 2 is 1.79 bits per heavy atom. The van der Waals surface area contributed by atoms with E-state index < -0.39 is 22.1 Å². The number of nitrogens with zero attached hydrogens (tertiary/aromatic N) is 1. The number of rotatable bonds is 8. The molecule has 11 heteroatoms. The van der Waals surface area contributed by atoms with E-state index in [9.17, 15) is 22.8 Å². The van der Waals surface area contributed by atoms with Gasteiger partial charge in [-0.05, 0) is 54.3 Å². The Labute approximate surface area is 197 Å². The average Bonchev–Trinajstić information content (AvgIpc) is 3.09. The number of urea groups is 2. The minimum absolute atomic E-state index is 0.0417. The molecule has 5 amide bonds. The molecule has 1 aliphatic rings. The number of hydrogen-bond acceptors (Lipinski definition) is 5. The lowest BCUT2D eigenvalue weighted by Crippen LogP contribution is -2.40. The van der Waals surface area contributed by atoms with Crippen molar-refractivity contribution in [3.8, 4) is 0 Å². The van der Waals surface area contributed by atoms with E-state index in [4.69, 9.17) is 11.6 Å². The normalized spacial score (nSPS) is 12.9. The summed E-state index contributed by atoms with van der Waals surface area (Å²) in [5.41, 5.74) is 1.94. The zero-order chi connectivity index (χ0) is 24.0. The molecule has 1 aliphatic heterocycles. The maximum atomic E-state index is 12.4. The Bertz CT molecular complexity index is 1150. The van der Waals surface area contributed by atoms with Gasteiger partial charge in [-0.3, -0.25) is 9.69 Å². The molecule has 176 valence electrons. The number of amides is 5. The monoisotopic (exact) mass is 492 g/mol. The van der Waals surface area contributed by atoms with Crippen LogP contribution < -0.4 is 15.4 Å². The molecule has 0 bridgehead atoms. The molecule has 3 rings (SSSR count). The maximum absolute atomic E-state index is 12.4. The minimum atomic E-state index is -3.98. The molecule has 0 saturated carbocycles. The fourth-order valence-electron chi connectivity index (χ4n) is 3.29. The van der Waals surface area contributed by atoms with Crippen molar-refractivity contribution in [3.63, 3.8) is 0 Å². The first-order valence-corrected chi connectivity index (χ1v) is 12.3. The first-order valence-electron chi connectivity index (χ1n) is 10.5. The number of fused-ring (bicyclic) bond motifs is 1. The molecular weight excluding hydrogens is 468 g/mol. The van der Waals surface area contributed by atoms with Crippen LogP contribution in [0.1, 0.15) is 41.3 Å². The fourth-order valence-corrected chi connectivity index (χ4v) is 4.42. The van der Waals surface area contributed by atoms with Gasteiger partial charge in [0, 0.05) is 23.7 Å². The highest BCUT2D eigenvalue weighted by atomic mass is 35.5. The zero-order valence-electron chi connectivity index (χ0n) is 18.1. The third-order valence-electron chi connectivity index (χ3n) is 5.08. The van der Waals surface area contributed by atoms with E-state index in [-0.39, 0.29) is 23.9 Å². The molecule has 0 fully saturated rings. The zero-order valence-corrected chi connectivity index (χ0v) is 19.6. The molecule has 2 aromatic rings. The molecule has 0 radical (unpaired) electrons. The smallest absolute Gasteiger partial charge is 0.328 e. The quantitative estimate of drug-likeness (QED) is 0.488. The summed E-state index contributed by atoms with van der Waals surface area (Å²) in [5, 5.41) is 5.69. The fraction of sp³-hybridized carbons (Fsp3) is 0.318. The molecule has 2 aromatic carbocycles. The minimum Gasteiger partial charge on any atom is -0.337 e. The van der Waals surface area contributed by atoms with Gasteiger partial charge in [-0.1, -0.05) is 37.1 Å². The van der Waals surface area contributed by atoms with Crippen LogP contribution in [-0.2, 0) is 23.0 Å². The second kappa shape index (κ2) is 10.7. The molecule has 0 unspecified atom stereocenters. The Morgan fingerprint density at radius 3 is 2.48 bits per heavy atom. The lowest BCUT2D eigenvalue weighted by atomic mass is 10.1. The van der Waals surface area contributed by atoms with Crippen molar-refractivity contribution in [1.82, 2.24) is 20.3 Å². The molecular formula is C22H25ClN4O5S. The van der Waals surface area contributed by atoms with E-state index >= 15 is 0 Å². The van der Waals surface area contributed by atoms with Crippen molar-refractivity contribution in [2.75, 3.05) is 13.1 Å². The molecule has 33 heavy (non-hydrogen) atoms. The van der Waals surface area contributed by atoms with Gasteiger partial charge >= 0.3 is 12.1 Å². The highest BCUT2D eigenvalue weighted by Gasteiger charge is 2.31. The topological polar surface area (TPSA) is 125 Å². The Hall–Kier alpha value is -3.11. The number of unbranched alkanes of at least 4 members (excludes halogenated alkanes) is 1. The number of carbonyl (C=O) groups excluding carboxylic acids is 3. The van der Waals surface area contributed by atoms with Crippen LogP contribution in [0.4, 0.5) is 9.59 Å². The van der Waals surface area contributed by atoms with Crippen molar-refractivity contribution in [2.24, 2.45) is 0 Å². The van der Waals surface area contributed by atoms with Crippen LogP contribution >= 0.6 is 11.6 Å². The lowest BCUT2D eigenvalue weighted by Gasteiger charge is -2.15. The number of benzene rings is 2. The summed E-state index contributed by atoms with van der Waals surface area (Å²) in [6, 6.07) is 9.60. The van der Waals surface area contributed by atoms with Crippen LogP contribution in [0.3, 0.4) is 0 Å². The predicted octanol–water partition coefficient (Wildman–Crippen LogP) is 3.04. The van der Waals surface area contributed by atoms with Crippen molar-refractivity contribution >= 4 is 39.6 Å². The van der Waals surface area contributed by atoms with Crippen LogP contribution in [-0.4, -0.2) is 44.4 Å². The third kappa shape index (κ3) is 6.23. The van der Waals surface area contributed by atoms with Gasteiger partial charge in [0.2, 0.25) is 0 Å². The van der Waals surface area contributed by atoms with Crippen molar-refractivity contribution in [2.45, 2.75) is 37.6 Å². The third-order valence-corrected chi connectivity index (χ3v) is 6.66. The first-order chi connectivity index (χ1) is 15.7. The van der Waals surface area contributed by atoms with Crippen molar-refractivity contribution in [3.05, 3.63) is 64.2 Å². The molecule has 0 aliphatic carbocycles. The summed E-state index contributed by atoms with van der Waals surface area (Å²) >= 11 is 5.95. The lowest BCUT2D eigenvalue weighted by molar-refractivity contribution is 0.0821. The van der Waals surface area contributed by atoms with E-state index in [1.807, 2.05) is 11.6 Å². The second-order valence-electron chi connectivity index (χ2n) is 7.53. The average molecular weight is 493 g/mol. The molecule has 0 saturated heterocycles. The molecule has 0 aromatic heterocycles. The number of halogens is 1. The number of hydrogen-bond donors (Lipinski definition) is 3. The van der Waals surface area contributed by atoms with E-state index in [0.717, 1.165) is 23.3 Å². The van der Waals surface area contributed by atoms with Gasteiger partial charge in [0.1, 0.15) is 0 Å². The number of sulfonamides is 1. The van der Waals surface area contributed by atoms with Gasteiger partial charge in [0.15, 0.2) is 0 Å². The van der Waals surface area contributed by atoms with Crippen molar-refractivity contribution < 1.29 is 22.8 Å². The molecule has 9 nitrogen and oxygen atoms in total. The van der Waals surface area contributed by atoms with Gasteiger partial charge in [0.25, 0.3) is 15.9 Å². The summed E-state index contributed by atoms with van der Waals surface area (Å²) in [7, 11) is -3.98. The standard InChI is InChI=1S/C22H25ClN4O5S/c1-2-3-11-24-21(29)26-33(31,32)18-7-4-15(5-8-18)10-12-25-22(30)27-14-16-13-17(23)6-9-19(16)20(27)28/h4-9,13H,2-3,10-12,14H2,1H3,(H,25,30)(H2,24,26,29). The second-order valence-corrected chi connectivity index (χ2v) is 9.65. The molecule has 0 atom stereocenters. The SMILES string of the molecule is CCCCNC(=O)NS(=O)(=O)c1ccc(CCNC(=O)N2Cc3cc(Cl)ccc3C2=O)cc1. The number of nitrogens with one attached hydrogen (secondary N) is 3. The predicted molar refractivity (Wildman–Crippen MR) is 123 cm³/mol. The van der Waals surface area contributed by atoms with Crippen LogP contribution in [0.2, 0.25) is 5.02 Å². The highest BCUT2D eigenvalue weighted by molar-refractivity contribution is 7.90. The summed E-state index contributed by atoms with van der Waals surface area (Å²) in [6.45, 7) is 2.77. The van der Waals surface area contributed by atoms with Gasteiger partial charge in [-0.25, -0.2) is 22.7 Å². The Kier molecular flexibility index (Phi) is 7.93. The molecule has 1 heterocycles. The van der Waals surface area contributed by atoms with E-state index in [1.165, 1.54) is 12.1 Å². The summed E-state index contributed by atoms with van der Waals surface area (Å²) in [4.78, 5) is 37.6. The van der Waals surface area contributed by atoms with E-state index in [1.54, 1.807) is 30.3 Å². The first kappa shape index (κ1) is 24.5. The molecule has 0 spiro atoms. The van der Waals surface area contributed by atoms with E-state index in [0.29, 0.717) is 29.1 Å². The van der Waals surface area contributed by atoms with Crippen LogP contribution in [0.15, 0.2) is 47.4 Å². The van der Waals surface area contributed by atoms with Gasteiger partial charge in [0.05, 0.1) is 11.4 Å². The number of carbonyl (C=O) groups is 3.